The van der Waals surface area contributed by atoms with E-state index >= 15 is 0 Å². The number of oxazole rings is 1. The molecule has 5 nitrogen and oxygen atoms in total. The van der Waals surface area contributed by atoms with Crippen molar-refractivity contribution in [2.45, 2.75) is 57.7 Å². The second-order valence-electron chi connectivity index (χ2n) is 9.15. The van der Waals surface area contributed by atoms with Crippen molar-refractivity contribution in [1.82, 2.24) is 14.8 Å². The molecule has 2 aliphatic heterocycles. The zero-order chi connectivity index (χ0) is 21.4. The molecule has 3 atom stereocenters. The van der Waals surface area contributed by atoms with E-state index in [9.17, 15) is 0 Å². The first-order chi connectivity index (χ1) is 15.1. The van der Waals surface area contributed by atoms with Gasteiger partial charge in [0, 0.05) is 18.6 Å². The van der Waals surface area contributed by atoms with Gasteiger partial charge in [-0.05, 0) is 88.0 Å². The van der Waals surface area contributed by atoms with Crippen LogP contribution < -0.4 is 0 Å². The Balaban J connectivity index is 1.47. The fourth-order valence-corrected chi connectivity index (χ4v) is 5.23. The summed E-state index contributed by atoms with van der Waals surface area (Å²) in [5.41, 5.74) is 4.60. The van der Waals surface area contributed by atoms with E-state index < -0.39 is 0 Å². The number of fused-ring (bicyclic) bond motifs is 1. The minimum atomic E-state index is 0.198. The molecule has 1 aromatic heterocycles. The molecule has 5 rings (SSSR count). The molecule has 0 spiro atoms. The molecule has 3 aromatic rings. The molecule has 0 amide bonds. The molecular formula is C26H30N4O. The quantitative estimate of drug-likeness (QED) is 0.561. The summed E-state index contributed by atoms with van der Waals surface area (Å²) in [6.45, 7) is 7.94. The number of rotatable bonds is 5. The zero-order valence-electron chi connectivity index (χ0n) is 18.4. The van der Waals surface area contributed by atoms with Gasteiger partial charge in [0.15, 0.2) is 5.58 Å². The zero-order valence-corrected chi connectivity index (χ0v) is 18.4. The Kier molecular flexibility index (Phi) is 5.52. The summed E-state index contributed by atoms with van der Waals surface area (Å²) in [4.78, 5) is 10.2. The highest BCUT2D eigenvalue weighted by molar-refractivity contribution is 5.80. The third kappa shape index (κ3) is 3.98. The standard InChI is InChI=1S/C26H30N4O/c1-18-5-3-13-29(18)17-24(30-14-4-6-19(30)2)26-28-23-15-22(11-12-25(23)31-26)21-9-7-20(16-27)8-10-21/h7-12,15,18-19,24H,3-6,13-14,17H2,1-2H3. The highest BCUT2D eigenvalue weighted by Crippen LogP contribution is 2.34. The molecule has 0 bridgehead atoms. The number of likely N-dealkylation sites (tertiary alicyclic amines) is 2. The van der Waals surface area contributed by atoms with Crippen molar-refractivity contribution in [3.63, 3.8) is 0 Å². The minimum Gasteiger partial charge on any atom is -0.439 e. The number of hydrogen-bond donors (Lipinski definition) is 0. The van der Waals surface area contributed by atoms with E-state index in [0.717, 1.165) is 41.2 Å². The van der Waals surface area contributed by atoms with Crippen LogP contribution in [0.2, 0.25) is 0 Å². The van der Waals surface area contributed by atoms with E-state index in [1.54, 1.807) is 0 Å². The predicted octanol–water partition coefficient (Wildman–Crippen LogP) is 5.38. The third-order valence-electron chi connectivity index (χ3n) is 7.14. The van der Waals surface area contributed by atoms with Crippen molar-refractivity contribution >= 4 is 11.1 Å². The molecule has 2 aromatic carbocycles. The predicted molar refractivity (Wildman–Crippen MR) is 123 cm³/mol. The summed E-state index contributed by atoms with van der Waals surface area (Å²) in [7, 11) is 0. The molecule has 3 heterocycles. The van der Waals surface area contributed by atoms with E-state index in [2.05, 4.69) is 41.8 Å². The molecule has 3 unspecified atom stereocenters. The van der Waals surface area contributed by atoms with Crippen LogP contribution in [0.4, 0.5) is 0 Å². The number of nitriles is 1. The Morgan fingerprint density at radius 1 is 1.03 bits per heavy atom. The van der Waals surface area contributed by atoms with Gasteiger partial charge in [-0.3, -0.25) is 9.80 Å². The van der Waals surface area contributed by atoms with Gasteiger partial charge in [0.1, 0.15) is 5.52 Å². The van der Waals surface area contributed by atoms with Crippen molar-refractivity contribution in [2.24, 2.45) is 0 Å². The summed E-state index contributed by atoms with van der Waals surface area (Å²) >= 11 is 0. The molecule has 2 fully saturated rings. The maximum atomic E-state index is 9.04. The Labute approximate surface area is 184 Å². The largest absolute Gasteiger partial charge is 0.439 e. The van der Waals surface area contributed by atoms with Crippen LogP contribution in [0.5, 0.6) is 0 Å². The lowest BCUT2D eigenvalue weighted by atomic mass is 10.0. The molecule has 2 saturated heterocycles. The van der Waals surface area contributed by atoms with Crippen LogP contribution in [-0.4, -0.2) is 46.5 Å². The van der Waals surface area contributed by atoms with Gasteiger partial charge in [-0.25, -0.2) is 4.98 Å². The van der Waals surface area contributed by atoms with Crippen molar-refractivity contribution in [3.05, 3.63) is 53.9 Å². The molecule has 0 aliphatic carbocycles. The number of aromatic nitrogens is 1. The summed E-state index contributed by atoms with van der Waals surface area (Å²) in [5, 5.41) is 9.04. The Bertz CT molecular complexity index is 1100. The van der Waals surface area contributed by atoms with Gasteiger partial charge in [-0.1, -0.05) is 18.2 Å². The smallest absolute Gasteiger partial charge is 0.214 e. The monoisotopic (exact) mass is 414 g/mol. The normalized spacial score (nSPS) is 23.4. The average molecular weight is 415 g/mol. The first-order valence-electron chi connectivity index (χ1n) is 11.5. The first kappa shape index (κ1) is 20.2. The molecule has 160 valence electrons. The summed E-state index contributed by atoms with van der Waals surface area (Å²) in [6.07, 6.45) is 5.06. The van der Waals surface area contributed by atoms with Crippen LogP contribution >= 0.6 is 0 Å². The maximum absolute atomic E-state index is 9.04. The van der Waals surface area contributed by atoms with Crippen LogP contribution in [-0.2, 0) is 0 Å². The number of hydrogen-bond acceptors (Lipinski definition) is 5. The fraction of sp³-hybridized carbons (Fsp3) is 0.462. The highest BCUT2D eigenvalue weighted by Gasteiger charge is 2.35. The average Bonchev–Trinajstić information content (AvgIpc) is 3.51. The molecule has 0 saturated carbocycles. The van der Waals surface area contributed by atoms with Crippen LogP contribution in [0.1, 0.15) is 57.0 Å². The van der Waals surface area contributed by atoms with Gasteiger partial charge >= 0.3 is 0 Å². The van der Waals surface area contributed by atoms with Crippen LogP contribution in [0, 0.1) is 11.3 Å². The second kappa shape index (κ2) is 8.45. The second-order valence-corrected chi connectivity index (χ2v) is 9.15. The van der Waals surface area contributed by atoms with E-state index in [0.29, 0.717) is 17.6 Å². The van der Waals surface area contributed by atoms with Gasteiger partial charge in [-0.2, -0.15) is 5.26 Å². The molecular weight excluding hydrogens is 384 g/mol. The molecule has 31 heavy (non-hydrogen) atoms. The minimum absolute atomic E-state index is 0.198. The van der Waals surface area contributed by atoms with Crippen molar-refractivity contribution in [3.8, 4) is 17.2 Å². The number of benzene rings is 2. The van der Waals surface area contributed by atoms with Crippen molar-refractivity contribution < 1.29 is 4.42 Å². The summed E-state index contributed by atoms with van der Waals surface area (Å²) in [6, 6.07) is 17.5. The third-order valence-corrected chi connectivity index (χ3v) is 7.14. The lowest BCUT2D eigenvalue weighted by Crippen LogP contribution is -2.41. The van der Waals surface area contributed by atoms with E-state index in [1.807, 2.05) is 30.3 Å². The lowest BCUT2D eigenvalue weighted by Gasteiger charge is -2.33. The molecule has 2 aliphatic rings. The Morgan fingerprint density at radius 2 is 1.77 bits per heavy atom. The summed E-state index contributed by atoms with van der Waals surface area (Å²) < 4.78 is 6.34. The van der Waals surface area contributed by atoms with Gasteiger partial charge in [0.05, 0.1) is 17.7 Å². The van der Waals surface area contributed by atoms with E-state index in [-0.39, 0.29) is 6.04 Å². The highest BCUT2D eigenvalue weighted by atomic mass is 16.3. The molecule has 0 N–H and O–H groups in total. The van der Waals surface area contributed by atoms with Crippen LogP contribution in [0.3, 0.4) is 0 Å². The SMILES string of the molecule is CC1CCCN1CC(c1nc2cc(-c3ccc(C#N)cc3)ccc2o1)N1CCCC1C. The van der Waals surface area contributed by atoms with E-state index in [4.69, 9.17) is 14.7 Å². The fourth-order valence-electron chi connectivity index (χ4n) is 5.23. The summed E-state index contributed by atoms with van der Waals surface area (Å²) in [5.74, 6) is 0.847. The van der Waals surface area contributed by atoms with Gasteiger partial charge < -0.3 is 4.42 Å². The van der Waals surface area contributed by atoms with Crippen LogP contribution in [0.25, 0.3) is 22.2 Å². The Hall–Kier alpha value is -2.68. The Morgan fingerprint density at radius 3 is 2.45 bits per heavy atom. The first-order valence-corrected chi connectivity index (χ1v) is 11.5. The molecule has 0 radical (unpaired) electrons. The van der Waals surface area contributed by atoms with E-state index in [1.165, 1.54) is 32.2 Å². The number of nitrogens with zero attached hydrogens (tertiary/aromatic N) is 4. The van der Waals surface area contributed by atoms with Gasteiger partial charge in [-0.15, -0.1) is 0 Å². The maximum Gasteiger partial charge on any atom is 0.214 e. The van der Waals surface area contributed by atoms with Gasteiger partial charge in [0.2, 0.25) is 5.89 Å². The van der Waals surface area contributed by atoms with Crippen molar-refractivity contribution in [2.75, 3.05) is 19.6 Å². The molecule has 5 heteroatoms. The topological polar surface area (TPSA) is 56.3 Å². The lowest BCUT2D eigenvalue weighted by molar-refractivity contribution is 0.111. The van der Waals surface area contributed by atoms with Gasteiger partial charge in [0.25, 0.3) is 0 Å². The van der Waals surface area contributed by atoms with Crippen molar-refractivity contribution in [1.29, 1.82) is 5.26 Å². The van der Waals surface area contributed by atoms with Crippen LogP contribution in [0.15, 0.2) is 46.9 Å².